The number of alkyl halides is 4. The fraction of sp³-hybridized carbons (Fsp3) is 0.273. The Bertz CT molecular complexity index is 612. The van der Waals surface area contributed by atoms with Gasteiger partial charge in [-0.25, -0.2) is 4.79 Å². The Morgan fingerprint density at radius 2 is 1.73 bits per heavy atom. The number of carbonyl (C=O) groups is 2. The molecular formula is C11H6Cl3F3N2O3. The molecule has 0 saturated heterocycles. The summed E-state index contributed by atoms with van der Waals surface area (Å²) in [5, 5.41) is 14.4. The van der Waals surface area contributed by atoms with E-state index in [9.17, 15) is 22.8 Å². The Labute approximate surface area is 136 Å². The van der Waals surface area contributed by atoms with Gasteiger partial charge in [-0.3, -0.25) is 4.79 Å². The van der Waals surface area contributed by atoms with Crippen LogP contribution < -0.4 is 0 Å². The normalized spacial score (nSPS) is 13.4. The minimum atomic E-state index is -4.67. The van der Waals surface area contributed by atoms with Gasteiger partial charge < -0.3 is 5.11 Å². The fourth-order valence-electron chi connectivity index (χ4n) is 1.26. The van der Waals surface area contributed by atoms with Crippen LogP contribution in [-0.2, 0) is 15.8 Å². The first kappa shape index (κ1) is 18.7. The van der Waals surface area contributed by atoms with Gasteiger partial charge >= 0.3 is 12.1 Å². The van der Waals surface area contributed by atoms with Crippen molar-refractivity contribution in [2.75, 3.05) is 5.88 Å². The molecule has 11 heteroatoms. The van der Waals surface area contributed by atoms with Crippen LogP contribution in [0.2, 0.25) is 10.0 Å². The molecule has 0 aliphatic carbocycles. The summed E-state index contributed by atoms with van der Waals surface area (Å²) in [6.45, 7) is 0. The predicted molar refractivity (Wildman–Crippen MR) is 73.1 cm³/mol. The molecule has 22 heavy (non-hydrogen) atoms. The summed E-state index contributed by atoms with van der Waals surface area (Å²) in [6.07, 6.45) is -4.67. The Morgan fingerprint density at radius 3 is 2.09 bits per heavy atom. The molecule has 0 saturated carbocycles. The lowest BCUT2D eigenvalue weighted by atomic mass is 10.2. The quantitative estimate of drug-likeness (QED) is 0.470. The number of benzene rings is 1. The number of hydrogen-bond donors (Lipinski definition) is 1. The van der Waals surface area contributed by atoms with E-state index < -0.39 is 45.5 Å². The van der Waals surface area contributed by atoms with Crippen molar-refractivity contribution in [3.8, 4) is 0 Å². The van der Waals surface area contributed by atoms with E-state index >= 15 is 0 Å². The standard InChI is InChI=1S/C11H6Cl3F3N2O3/c12-3-7(20)9(10(21)22)19-18-8-5(13)1-4(2-6(8)14)11(15,16)17/h1-2,9H,3H2,(H,21,22)/b19-18+. The van der Waals surface area contributed by atoms with Gasteiger partial charge in [0, 0.05) is 0 Å². The summed E-state index contributed by atoms with van der Waals surface area (Å²) >= 11 is 16.5. The molecule has 0 aromatic heterocycles. The fourth-order valence-corrected chi connectivity index (χ4v) is 1.97. The van der Waals surface area contributed by atoms with Crippen molar-refractivity contribution in [1.82, 2.24) is 0 Å². The van der Waals surface area contributed by atoms with Gasteiger partial charge in [0.2, 0.25) is 6.04 Å². The molecule has 0 fully saturated rings. The molecule has 1 unspecified atom stereocenters. The number of azo groups is 1. The molecule has 1 N–H and O–H groups in total. The summed E-state index contributed by atoms with van der Waals surface area (Å²) in [5.41, 5.74) is -1.49. The first-order chi connectivity index (χ1) is 10.1. The van der Waals surface area contributed by atoms with Crippen LogP contribution in [0.1, 0.15) is 5.56 Å². The average Bonchev–Trinajstić information content (AvgIpc) is 2.39. The Balaban J connectivity index is 3.20. The number of aliphatic carboxylic acids is 1. The third-order valence-corrected chi connectivity index (χ3v) is 3.13. The Morgan fingerprint density at radius 1 is 1.23 bits per heavy atom. The van der Waals surface area contributed by atoms with Crippen LogP contribution >= 0.6 is 34.8 Å². The molecule has 1 aromatic carbocycles. The molecule has 120 valence electrons. The van der Waals surface area contributed by atoms with Crippen LogP contribution in [0.15, 0.2) is 22.4 Å². The molecule has 0 amide bonds. The minimum Gasteiger partial charge on any atom is -0.479 e. The zero-order chi connectivity index (χ0) is 17.1. The van der Waals surface area contributed by atoms with E-state index in [0.717, 1.165) is 0 Å². The van der Waals surface area contributed by atoms with Gasteiger partial charge in [-0.1, -0.05) is 23.2 Å². The number of hydrogen-bond acceptors (Lipinski definition) is 4. The highest BCUT2D eigenvalue weighted by atomic mass is 35.5. The van der Waals surface area contributed by atoms with Gasteiger partial charge in [0.1, 0.15) is 5.69 Å². The average molecular weight is 378 g/mol. The van der Waals surface area contributed by atoms with Gasteiger partial charge in [0.15, 0.2) is 5.78 Å². The highest BCUT2D eigenvalue weighted by Crippen LogP contribution is 2.40. The highest BCUT2D eigenvalue weighted by Gasteiger charge is 2.32. The maximum absolute atomic E-state index is 12.5. The number of carboxylic acid groups (broad SMARTS) is 1. The van der Waals surface area contributed by atoms with Crippen LogP contribution in [0.25, 0.3) is 0 Å². The first-order valence-electron chi connectivity index (χ1n) is 5.36. The molecule has 0 aliphatic rings. The number of ketones is 1. The molecule has 5 nitrogen and oxygen atoms in total. The van der Waals surface area contributed by atoms with Crippen LogP contribution in [0, 0.1) is 0 Å². The molecule has 0 bridgehead atoms. The molecule has 1 aromatic rings. The number of carbonyl (C=O) groups excluding carboxylic acids is 1. The second kappa shape index (κ2) is 7.26. The molecule has 0 spiro atoms. The van der Waals surface area contributed by atoms with Crippen LogP contribution in [0.5, 0.6) is 0 Å². The summed E-state index contributed by atoms with van der Waals surface area (Å²) < 4.78 is 37.6. The van der Waals surface area contributed by atoms with Gasteiger partial charge in [-0.05, 0) is 12.1 Å². The third kappa shape index (κ3) is 4.56. The molecule has 0 radical (unpaired) electrons. The highest BCUT2D eigenvalue weighted by molar-refractivity contribution is 6.38. The summed E-state index contributed by atoms with van der Waals surface area (Å²) in [6, 6.07) is -0.783. The second-order valence-corrected chi connectivity index (χ2v) is 4.92. The zero-order valence-electron chi connectivity index (χ0n) is 10.4. The van der Waals surface area contributed by atoms with Crippen molar-refractivity contribution in [1.29, 1.82) is 0 Å². The Kier molecular flexibility index (Phi) is 6.16. The third-order valence-electron chi connectivity index (χ3n) is 2.29. The Hall–Kier alpha value is -1.38. The maximum Gasteiger partial charge on any atom is 0.416 e. The van der Waals surface area contributed by atoms with E-state index in [4.69, 9.17) is 39.9 Å². The summed E-state index contributed by atoms with van der Waals surface area (Å²) in [5.74, 6) is -3.18. The number of halogens is 6. The van der Waals surface area contributed by atoms with Crippen molar-refractivity contribution < 1.29 is 27.9 Å². The minimum absolute atomic E-state index is 0.384. The largest absolute Gasteiger partial charge is 0.479 e. The van der Waals surface area contributed by atoms with Crippen molar-refractivity contribution in [3.63, 3.8) is 0 Å². The van der Waals surface area contributed by atoms with E-state index in [0.29, 0.717) is 12.1 Å². The number of rotatable bonds is 5. The van der Waals surface area contributed by atoms with E-state index in [1.165, 1.54) is 0 Å². The van der Waals surface area contributed by atoms with Crippen LogP contribution in [0.3, 0.4) is 0 Å². The van der Waals surface area contributed by atoms with E-state index in [-0.39, 0.29) is 5.69 Å². The van der Waals surface area contributed by atoms with E-state index in [1.807, 2.05) is 0 Å². The predicted octanol–water partition coefficient (Wildman–Crippen LogP) is 4.36. The molecular weight excluding hydrogens is 371 g/mol. The summed E-state index contributed by atoms with van der Waals surface area (Å²) in [7, 11) is 0. The smallest absolute Gasteiger partial charge is 0.416 e. The second-order valence-electron chi connectivity index (χ2n) is 3.84. The lowest BCUT2D eigenvalue weighted by Gasteiger charge is -2.09. The molecule has 0 aliphatic heterocycles. The zero-order valence-corrected chi connectivity index (χ0v) is 12.6. The number of carboxylic acids is 1. The van der Waals surface area contributed by atoms with E-state index in [1.54, 1.807) is 0 Å². The van der Waals surface area contributed by atoms with Crippen LogP contribution in [-0.4, -0.2) is 28.8 Å². The SMILES string of the molecule is O=C(O)C(/N=N/c1c(Cl)cc(C(F)(F)F)cc1Cl)C(=O)CCl. The lowest BCUT2D eigenvalue weighted by molar-refractivity contribution is -0.141. The topological polar surface area (TPSA) is 79.1 Å². The van der Waals surface area contributed by atoms with Crippen molar-refractivity contribution >= 4 is 52.2 Å². The summed E-state index contributed by atoms with van der Waals surface area (Å²) in [4.78, 5) is 22.1. The lowest BCUT2D eigenvalue weighted by Crippen LogP contribution is -2.28. The van der Waals surface area contributed by atoms with Crippen molar-refractivity contribution in [3.05, 3.63) is 27.7 Å². The number of Topliss-reactive ketones (excluding diaryl/α,β-unsaturated/α-hetero) is 1. The number of nitrogens with zero attached hydrogens (tertiary/aromatic N) is 2. The van der Waals surface area contributed by atoms with Gasteiger partial charge in [0.05, 0.1) is 21.5 Å². The van der Waals surface area contributed by atoms with Crippen molar-refractivity contribution in [2.45, 2.75) is 12.2 Å². The van der Waals surface area contributed by atoms with Gasteiger partial charge in [0.25, 0.3) is 0 Å². The maximum atomic E-state index is 12.5. The van der Waals surface area contributed by atoms with E-state index in [2.05, 4.69) is 10.2 Å². The van der Waals surface area contributed by atoms with Crippen molar-refractivity contribution in [2.24, 2.45) is 10.2 Å². The molecule has 0 heterocycles. The van der Waals surface area contributed by atoms with Crippen LogP contribution in [0.4, 0.5) is 18.9 Å². The molecule has 1 atom stereocenters. The van der Waals surface area contributed by atoms with Gasteiger partial charge in [-0.2, -0.15) is 23.4 Å². The monoisotopic (exact) mass is 376 g/mol. The first-order valence-corrected chi connectivity index (χ1v) is 6.65. The molecule has 1 rings (SSSR count). The van der Waals surface area contributed by atoms with Gasteiger partial charge in [-0.15, -0.1) is 11.6 Å².